The highest BCUT2D eigenvalue weighted by molar-refractivity contribution is 6.13. The second-order valence-electron chi connectivity index (χ2n) is 16.3. The van der Waals surface area contributed by atoms with Gasteiger partial charge in [0.1, 0.15) is 0 Å². The molecule has 0 saturated heterocycles. The number of benzene rings is 10. The Morgan fingerprint density at radius 2 is 0.921 bits per heavy atom. The first kappa shape index (κ1) is 38.0. The Bertz CT molecular complexity index is 3290. The van der Waals surface area contributed by atoms with E-state index in [1.807, 2.05) is 36.4 Å². The summed E-state index contributed by atoms with van der Waals surface area (Å²) in [5.41, 5.74) is 23.7. The van der Waals surface area contributed by atoms with Crippen molar-refractivity contribution in [2.45, 2.75) is 12.6 Å². The van der Waals surface area contributed by atoms with Gasteiger partial charge in [-0.2, -0.15) is 0 Å². The molecule has 0 spiro atoms. The molecule has 11 rings (SSSR count). The van der Waals surface area contributed by atoms with E-state index in [-0.39, 0.29) is 0 Å². The standard InChI is InChI=1S/C60H44N3/c61-60(47-17-5-2-6-18-47)62-57(36-25-41-13-3-1-4-14-41)46-28-26-42(27-29-46)43-30-34-50(35-31-43)63-58-37-32-48(53-23-11-19-44-15-7-9-21-51(44)53)39-55(58)56-40-49(33-38-59(56)63)54-24-12-20-45-16-8-10-22-52(45)54/h1-24,26-40,60-62H,25H2/q-1/b57-36-. The van der Waals surface area contributed by atoms with Crippen LogP contribution in [0.3, 0.4) is 0 Å². The van der Waals surface area contributed by atoms with Crippen LogP contribution in [0.25, 0.3) is 93.8 Å². The van der Waals surface area contributed by atoms with Crippen LogP contribution >= 0.6 is 0 Å². The second-order valence-corrected chi connectivity index (χ2v) is 16.3. The van der Waals surface area contributed by atoms with E-state index in [1.54, 1.807) is 0 Å². The van der Waals surface area contributed by atoms with E-state index >= 15 is 0 Å². The number of allylic oxidation sites excluding steroid dienone is 1. The summed E-state index contributed by atoms with van der Waals surface area (Å²) in [5, 5.41) is 10.9. The monoisotopic (exact) mass is 806 g/mol. The molecular formula is C60H44N3-. The number of hydrogen-bond donors (Lipinski definition) is 1. The topological polar surface area (TPSA) is 40.8 Å². The molecule has 3 nitrogen and oxygen atoms in total. The van der Waals surface area contributed by atoms with Gasteiger partial charge in [-0.15, -0.1) is 0 Å². The molecule has 0 aliphatic heterocycles. The van der Waals surface area contributed by atoms with Gasteiger partial charge in [-0.1, -0.05) is 200 Å². The predicted molar refractivity (Wildman–Crippen MR) is 267 cm³/mol. The summed E-state index contributed by atoms with van der Waals surface area (Å²) in [4.78, 5) is 0. The number of nitrogens with zero attached hydrogens (tertiary/aromatic N) is 1. The molecule has 0 radical (unpaired) electrons. The van der Waals surface area contributed by atoms with Crippen LogP contribution in [0.1, 0.15) is 22.9 Å². The summed E-state index contributed by atoms with van der Waals surface area (Å²) in [6.45, 7) is 0. The second kappa shape index (κ2) is 16.5. The summed E-state index contributed by atoms with van der Waals surface area (Å²) in [7, 11) is 0. The van der Waals surface area contributed by atoms with Gasteiger partial charge in [0, 0.05) is 22.2 Å². The van der Waals surface area contributed by atoms with Crippen LogP contribution in [-0.2, 0) is 6.42 Å². The molecule has 1 heterocycles. The predicted octanol–water partition coefficient (Wildman–Crippen LogP) is 16.0. The summed E-state index contributed by atoms with van der Waals surface area (Å²) in [6, 6.07) is 82.5. The van der Waals surface area contributed by atoms with Gasteiger partial charge in [0.25, 0.3) is 0 Å². The van der Waals surface area contributed by atoms with Gasteiger partial charge >= 0.3 is 0 Å². The average molecular weight is 807 g/mol. The largest absolute Gasteiger partial charge is 0.654 e. The molecular weight excluding hydrogens is 763 g/mol. The van der Waals surface area contributed by atoms with Gasteiger partial charge in [0.15, 0.2) is 0 Å². The Morgan fingerprint density at radius 3 is 1.49 bits per heavy atom. The molecule has 1 unspecified atom stereocenters. The lowest BCUT2D eigenvalue weighted by Gasteiger charge is -2.26. The molecule has 1 aromatic heterocycles. The summed E-state index contributed by atoms with van der Waals surface area (Å²) < 4.78 is 2.41. The molecule has 63 heavy (non-hydrogen) atoms. The fraction of sp³-hybridized carbons (Fsp3) is 0.0333. The molecule has 300 valence electrons. The third-order valence-corrected chi connectivity index (χ3v) is 12.4. The van der Waals surface area contributed by atoms with Crippen LogP contribution < -0.4 is 5.32 Å². The van der Waals surface area contributed by atoms with Crippen molar-refractivity contribution in [3.05, 3.63) is 259 Å². The highest BCUT2D eigenvalue weighted by Gasteiger charge is 2.17. The maximum absolute atomic E-state index is 8.94. The van der Waals surface area contributed by atoms with Crippen LogP contribution in [0.4, 0.5) is 0 Å². The lowest BCUT2D eigenvalue weighted by Crippen LogP contribution is -2.17. The summed E-state index contributed by atoms with van der Waals surface area (Å²) in [5.74, 6) is 0. The van der Waals surface area contributed by atoms with Gasteiger partial charge in [0.05, 0.1) is 11.0 Å². The Labute approximate surface area is 368 Å². The molecule has 11 aromatic rings. The normalized spacial score (nSPS) is 12.3. The third-order valence-electron chi connectivity index (χ3n) is 12.4. The minimum Gasteiger partial charge on any atom is -0.654 e. The van der Waals surface area contributed by atoms with Gasteiger partial charge in [-0.25, -0.2) is 0 Å². The average Bonchev–Trinajstić information content (AvgIpc) is 3.68. The highest BCUT2D eigenvalue weighted by atomic mass is 15.0. The lowest BCUT2D eigenvalue weighted by atomic mass is 9.95. The fourth-order valence-electron chi connectivity index (χ4n) is 9.21. The Hall–Kier alpha value is -7.98. The quantitative estimate of drug-likeness (QED) is 0.147. The van der Waals surface area contributed by atoms with Gasteiger partial charge in [-0.3, -0.25) is 0 Å². The van der Waals surface area contributed by atoms with Crippen LogP contribution in [0.15, 0.2) is 237 Å². The molecule has 0 fully saturated rings. The zero-order valence-corrected chi connectivity index (χ0v) is 34.7. The van der Waals surface area contributed by atoms with Crippen molar-refractivity contribution in [3.63, 3.8) is 0 Å². The van der Waals surface area contributed by atoms with E-state index in [9.17, 15) is 0 Å². The van der Waals surface area contributed by atoms with Crippen molar-refractivity contribution in [1.29, 1.82) is 0 Å². The maximum Gasteiger partial charge on any atom is 0.0541 e. The van der Waals surface area contributed by atoms with Crippen LogP contribution in [0, 0.1) is 0 Å². The maximum atomic E-state index is 8.94. The molecule has 1 atom stereocenters. The zero-order valence-electron chi connectivity index (χ0n) is 34.7. The lowest BCUT2D eigenvalue weighted by molar-refractivity contribution is 0.773. The number of fused-ring (bicyclic) bond motifs is 5. The van der Waals surface area contributed by atoms with Crippen molar-refractivity contribution in [2.24, 2.45) is 0 Å². The fourth-order valence-corrected chi connectivity index (χ4v) is 9.21. The Morgan fingerprint density at radius 1 is 0.444 bits per heavy atom. The van der Waals surface area contributed by atoms with Crippen LogP contribution in [0.5, 0.6) is 0 Å². The van der Waals surface area contributed by atoms with Crippen molar-refractivity contribution in [1.82, 2.24) is 9.88 Å². The smallest absolute Gasteiger partial charge is 0.0541 e. The minimum absolute atomic E-state index is 0.587. The number of aromatic nitrogens is 1. The number of rotatable bonds is 10. The van der Waals surface area contributed by atoms with Crippen LogP contribution in [-0.4, -0.2) is 4.57 Å². The Balaban J connectivity index is 0.969. The summed E-state index contributed by atoms with van der Waals surface area (Å²) >= 11 is 0. The summed E-state index contributed by atoms with van der Waals surface area (Å²) in [6.07, 6.45) is 2.38. The van der Waals surface area contributed by atoms with Gasteiger partial charge in [0.2, 0.25) is 0 Å². The number of hydrogen-bond acceptors (Lipinski definition) is 1. The SMILES string of the molecule is [NH-]C(N/C(=C\Cc1ccccc1)c1ccc(-c2ccc(-n3c4ccc(-c5cccc6ccccc56)cc4c4cc(-c5cccc6ccccc56)ccc43)cc2)cc1)c1ccccc1. The first-order valence-corrected chi connectivity index (χ1v) is 21.7. The highest BCUT2D eigenvalue weighted by Crippen LogP contribution is 2.40. The third kappa shape index (κ3) is 7.35. The molecule has 0 aliphatic rings. The van der Waals surface area contributed by atoms with Gasteiger partial charge in [-0.05, 0) is 121 Å². The van der Waals surface area contributed by atoms with Crippen molar-refractivity contribution in [2.75, 3.05) is 0 Å². The van der Waals surface area contributed by atoms with E-state index in [4.69, 9.17) is 5.73 Å². The van der Waals surface area contributed by atoms with Crippen molar-refractivity contribution >= 4 is 49.0 Å². The first-order chi connectivity index (χ1) is 31.1. The molecule has 0 saturated carbocycles. The minimum atomic E-state index is -0.587. The molecule has 0 aliphatic carbocycles. The molecule has 2 N–H and O–H groups in total. The van der Waals surface area contributed by atoms with E-state index in [1.165, 1.54) is 71.2 Å². The van der Waals surface area contributed by atoms with Crippen molar-refractivity contribution in [3.8, 4) is 39.1 Å². The molecule has 0 bridgehead atoms. The zero-order chi connectivity index (χ0) is 42.1. The number of nitrogens with one attached hydrogen (secondary N) is 2. The van der Waals surface area contributed by atoms with Gasteiger partial charge < -0.3 is 15.6 Å². The van der Waals surface area contributed by atoms with Crippen molar-refractivity contribution < 1.29 is 0 Å². The molecule has 0 amide bonds. The molecule has 3 heteroatoms. The van der Waals surface area contributed by atoms with Crippen LogP contribution in [0.2, 0.25) is 0 Å². The first-order valence-electron chi connectivity index (χ1n) is 21.7. The van der Waals surface area contributed by atoms with E-state index in [2.05, 4.69) is 210 Å². The molecule has 10 aromatic carbocycles. The van der Waals surface area contributed by atoms with E-state index in [0.717, 1.165) is 40.1 Å². The Kier molecular flexibility index (Phi) is 9.93. The van der Waals surface area contributed by atoms with E-state index < -0.39 is 6.17 Å². The van der Waals surface area contributed by atoms with E-state index in [0.29, 0.717) is 0 Å².